The summed E-state index contributed by atoms with van der Waals surface area (Å²) in [5.41, 5.74) is 0.226. The van der Waals surface area contributed by atoms with Crippen molar-refractivity contribution in [2.75, 3.05) is 40.4 Å². The Hall–Kier alpha value is -1.68. The number of carbonyl (C=O) groups is 2. The number of allylic oxidation sites excluding steroid dienone is 1. The van der Waals surface area contributed by atoms with Crippen LogP contribution in [0.5, 0.6) is 0 Å². The fourth-order valence-electron chi connectivity index (χ4n) is 5.47. The van der Waals surface area contributed by atoms with Gasteiger partial charge >= 0.3 is 6.09 Å². The van der Waals surface area contributed by atoms with Gasteiger partial charge in [-0.25, -0.2) is 4.79 Å². The van der Waals surface area contributed by atoms with Crippen LogP contribution in [-0.2, 0) is 23.7 Å². The summed E-state index contributed by atoms with van der Waals surface area (Å²) in [6.07, 6.45) is 9.28. The Morgan fingerprint density at radius 1 is 1.11 bits per heavy atom. The highest BCUT2D eigenvalue weighted by Crippen LogP contribution is 2.54. The number of ether oxygens (including phenoxy) is 4. The average molecular weight is 510 g/mol. The van der Waals surface area contributed by atoms with E-state index >= 15 is 0 Å². The van der Waals surface area contributed by atoms with Gasteiger partial charge in [0.25, 0.3) is 0 Å². The van der Waals surface area contributed by atoms with Gasteiger partial charge in [0.1, 0.15) is 11.7 Å². The number of epoxide rings is 2. The van der Waals surface area contributed by atoms with Crippen molar-refractivity contribution >= 4 is 12.0 Å². The van der Waals surface area contributed by atoms with Crippen molar-refractivity contribution in [1.29, 1.82) is 0 Å². The van der Waals surface area contributed by atoms with Crippen LogP contribution in [-0.4, -0.2) is 81.4 Å². The number of hydrogen-bond donors (Lipinski definition) is 3. The molecule has 0 bridgehead atoms. The summed E-state index contributed by atoms with van der Waals surface area (Å²) in [6.45, 7) is 8.66. The number of alkyl carbamates (subject to hydrolysis) is 1. The smallest absolute Gasteiger partial charge is 0.407 e. The molecule has 36 heavy (non-hydrogen) atoms. The normalized spacial score (nSPS) is 32.6. The number of amides is 2. The lowest BCUT2D eigenvalue weighted by Gasteiger charge is -2.45. The highest BCUT2D eigenvalue weighted by molar-refractivity contribution is 5.77. The molecule has 0 aromatic carbocycles. The summed E-state index contributed by atoms with van der Waals surface area (Å²) in [7, 11) is 3.47. The highest BCUT2D eigenvalue weighted by atomic mass is 16.6. The summed E-state index contributed by atoms with van der Waals surface area (Å²) in [4.78, 5) is 24.1. The second kappa shape index (κ2) is 12.7. The number of unbranched alkanes of at least 4 members (excludes halogenated alkanes) is 3. The van der Waals surface area contributed by atoms with E-state index in [1.165, 1.54) is 5.57 Å². The Balaban J connectivity index is 1.43. The van der Waals surface area contributed by atoms with Gasteiger partial charge in [-0.2, -0.15) is 0 Å². The minimum absolute atomic E-state index is 0.0154. The van der Waals surface area contributed by atoms with Crippen LogP contribution in [0.25, 0.3) is 0 Å². The number of hydrogen-bond acceptors (Lipinski definition) is 7. The van der Waals surface area contributed by atoms with E-state index in [4.69, 9.17) is 18.9 Å². The van der Waals surface area contributed by atoms with Crippen LogP contribution in [0.15, 0.2) is 11.6 Å². The molecule has 1 spiro atoms. The first-order valence-corrected chi connectivity index (χ1v) is 13.5. The third kappa shape index (κ3) is 8.16. The summed E-state index contributed by atoms with van der Waals surface area (Å²) in [5.74, 6) is 0.0154. The number of nitrogens with one attached hydrogen (secondary N) is 3. The van der Waals surface area contributed by atoms with Crippen molar-refractivity contribution in [3.05, 3.63) is 11.6 Å². The van der Waals surface area contributed by atoms with E-state index < -0.39 is 11.7 Å². The second-order valence-corrected chi connectivity index (χ2v) is 11.2. The second-order valence-electron chi connectivity index (χ2n) is 11.2. The monoisotopic (exact) mass is 509 g/mol. The SMILES string of the molecule is CNCC(=O)NCCCCCCNC(=O)OC1CC[C@]2(CO2)CC1(CC1(C)O[C@@H]1CC=C(C)C)OC. The molecular formula is C27H47N3O6. The molecule has 0 aromatic rings. The lowest BCUT2D eigenvalue weighted by molar-refractivity contribution is -0.152. The Morgan fingerprint density at radius 2 is 1.81 bits per heavy atom. The maximum Gasteiger partial charge on any atom is 0.407 e. The molecule has 1 aliphatic carbocycles. The van der Waals surface area contributed by atoms with Crippen LogP contribution in [0, 0.1) is 0 Å². The Morgan fingerprint density at radius 3 is 2.42 bits per heavy atom. The number of likely N-dealkylation sites (N-methyl/N-ethyl adjacent to an activating group) is 1. The molecule has 1 saturated carbocycles. The molecule has 0 radical (unpaired) electrons. The van der Waals surface area contributed by atoms with Gasteiger partial charge in [0.05, 0.1) is 30.5 Å². The number of methoxy groups -OCH3 is 1. The van der Waals surface area contributed by atoms with Gasteiger partial charge in [0, 0.05) is 33.0 Å². The fourth-order valence-corrected chi connectivity index (χ4v) is 5.47. The van der Waals surface area contributed by atoms with Crippen LogP contribution in [0.4, 0.5) is 4.79 Å². The minimum atomic E-state index is -0.627. The van der Waals surface area contributed by atoms with E-state index in [-0.39, 0.29) is 29.3 Å². The van der Waals surface area contributed by atoms with Gasteiger partial charge < -0.3 is 34.9 Å². The molecule has 9 heteroatoms. The molecule has 2 saturated heterocycles. The van der Waals surface area contributed by atoms with Gasteiger partial charge in [0.2, 0.25) is 5.91 Å². The quantitative estimate of drug-likeness (QED) is 0.176. The van der Waals surface area contributed by atoms with Crippen molar-refractivity contribution in [2.24, 2.45) is 0 Å². The molecule has 2 heterocycles. The molecule has 3 unspecified atom stereocenters. The summed E-state index contributed by atoms with van der Waals surface area (Å²) in [5, 5.41) is 8.61. The standard InChI is InChI=1S/C27H47N3O6/c1-20(2)10-11-21-25(3,36-21)17-27(33-5)18-26(19-34-26)13-12-22(27)35-24(32)30-15-9-7-6-8-14-29-23(31)16-28-4/h10,21-22,28H,6-9,11-19H2,1-5H3,(H,29,31)(H,30,32)/t21-,22?,25?,26-,27?/m1/s1. The minimum Gasteiger partial charge on any atom is -0.443 e. The molecule has 3 N–H and O–H groups in total. The van der Waals surface area contributed by atoms with E-state index in [1.54, 1.807) is 14.2 Å². The van der Waals surface area contributed by atoms with Crippen molar-refractivity contribution in [1.82, 2.24) is 16.0 Å². The lowest BCUT2D eigenvalue weighted by Crippen LogP contribution is -2.56. The van der Waals surface area contributed by atoms with E-state index in [1.807, 2.05) is 0 Å². The first kappa shape index (κ1) is 28.9. The van der Waals surface area contributed by atoms with Crippen LogP contribution < -0.4 is 16.0 Å². The summed E-state index contributed by atoms with van der Waals surface area (Å²) < 4.78 is 24.1. The molecule has 5 atom stereocenters. The molecule has 3 fully saturated rings. The predicted molar refractivity (Wildman–Crippen MR) is 138 cm³/mol. The van der Waals surface area contributed by atoms with Gasteiger partial charge in [0.15, 0.2) is 0 Å². The zero-order valence-corrected chi connectivity index (χ0v) is 22.9. The molecule has 206 valence electrons. The molecule has 2 amide bonds. The molecule has 9 nitrogen and oxygen atoms in total. The first-order chi connectivity index (χ1) is 17.2. The van der Waals surface area contributed by atoms with Gasteiger partial charge in [-0.1, -0.05) is 24.5 Å². The maximum atomic E-state index is 12.7. The third-order valence-corrected chi connectivity index (χ3v) is 7.74. The summed E-state index contributed by atoms with van der Waals surface area (Å²) in [6, 6.07) is 0. The van der Waals surface area contributed by atoms with Crippen LogP contribution >= 0.6 is 0 Å². The summed E-state index contributed by atoms with van der Waals surface area (Å²) >= 11 is 0. The molecule has 0 aromatic heterocycles. The Bertz CT molecular complexity index is 781. The van der Waals surface area contributed by atoms with Crippen LogP contribution in [0.1, 0.15) is 78.6 Å². The first-order valence-electron chi connectivity index (χ1n) is 13.5. The largest absolute Gasteiger partial charge is 0.443 e. The molecular weight excluding hydrogens is 462 g/mol. The van der Waals surface area contributed by atoms with Crippen molar-refractivity contribution in [2.45, 2.75) is 108 Å². The highest BCUT2D eigenvalue weighted by Gasteiger charge is 2.64. The Kier molecular flexibility index (Phi) is 10.2. The zero-order valence-electron chi connectivity index (χ0n) is 22.9. The van der Waals surface area contributed by atoms with Crippen LogP contribution in [0.3, 0.4) is 0 Å². The zero-order chi connectivity index (χ0) is 26.2. The predicted octanol–water partition coefficient (Wildman–Crippen LogP) is 3.22. The topological polar surface area (TPSA) is 114 Å². The third-order valence-electron chi connectivity index (χ3n) is 7.74. The van der Waals surface area contributed by atoms with Gasteiger partial charge in [-0.15, -0.1) is 0 Å². The van der Waals surface area contributed by atoms with E-state index in [0.29, 0.717) is 32.5 Å². The van der Waals surface area contributed by atoms with Crippen molar-refractivity contribution < 1.29 is 28.5 Å². The Labute approximate surface area is 216 Å². The average Bonchev–Trinajstić information content (AvgIpc) is 3.73. The molecule has 3 aliphatic rings. The fraction of sp³-hybridized carbons (Fsp3) is 0.852. The lowest BCUT2D eigenvalue weighted by atomic mass is 9.71. The number of carbonyl (C=O) groups excluding carboxylic acids is 2. The van der Waals surface area contributed by atoms with E-state index in [2.05, 4.69) is 42.8 Å². The molecule has 2 aliphatic heterocycles. The van der Waals surface area contributed by atoms with Gasteiger partial charge in [-0.3, -0.25) is 4.79 Å². The van der Waals surface area contributed by atoms with Crippen molar-refractivity contribution in [3.63, 3.8) is 0 Å². The van der Waals surface area contributed by atoms with Crippen LogP contribution in [0.2, 0.25) is 0 Å². The van der Waals surface area contributed by atoms with Gasteiger partial charge in [-0.05, 0) is 59.9 Å². The van der Waals surface area contributed by atoms with Crippen molar-refractivity contribution in [3.8, 4) is 0 Å². The molecule has 3 rings (SSSR count). The maximum absolute atomic E-state index is 12.7. The van der Waals surface area contributed by atoms with E-state index in [9.17, 15) is 9.59 Å². The van der Waals surface area contributed by atoms with E-state index in [0.717, 1.165) is 51.6 Å². The number of rotatable bonds is 15.